The summed E-state index contributed by atoms with van der Waals surface area (Å²) in [7, 11) is -15.1. The lowest BCUT2D eigenvalue weighted by Gasteiger charge is -2.34. The van der Waals surface area contributed by atoms with E-state index in [1.54, 1.807) is 98.8 Å². The van der Waals surface area contributed by atoms with Crippen molar-refractivity contribution >= 4 is 46.1 Å². The first-order valence-corrected chi connectivity index (χ1v) is 36.4. The van der Waals surface area contributed by atoms with Gasteiger partial charge in [0.05, 0.1) is 31.8 Å². The summed E-state index contributed by atoms with van der Waals surface area (Å²) in [5, 5.41) is -1.92. The SMILES string of the molecule is CC1=C(/C=C/C(C)=C/C(C/C(C)=C/CS(=O)(=O)C/C=C(\C)CC(/C=C(C)/C=C/C2=C(C)C(O[Si](C)(C)C)=CCC2(C)C)S(=O)(=O)c2ccccc2)S(=O)(=O)c2ccccc2)C(C)(C)CC=C1O[Si](C)(C)C. The Hall–Kier alpha value is -4.28. The Kier molecular flexibility index (Phi) is 19.8. The fraction of sp³-hybridized carbons (Fsp3) is 0.448. The first-order chi connectivity index (χ1) is 32.6. The summed E-state index contributed by atoms with van der Waals surface area (Å²) in [5.74, 6) is 1.22. The normalized spacial score (nSPS) is 19.0. The molecule has 0 amide bonds. The molecule has 0 saturated heterocycles. The van der Waals surface area contributed by atoms with E-state index in [1.165, 1.54) is 0 Å². The Labute approximate surface area is 431 Å². The summed E-state index contributed by atoms with van der Waals surface area (Å²) in [6, 6.07) is 16.7. The van der Waals surface area contributed by atoms with Crippen LogP contribution in [-0.2, 0) is 38.4 Å². The molecule has 4 rings (SSSR count). The predicted octanol–water partition coefficient (Wildman–Crippen LogP) is 14.7. The van der Waals surface area contributed by atoms with Gasteiger partial charge in [0.25, 0.3) is 0 Å². The minimum Gasteiger partial charge on any atom is -0.544 e. The molecule has 71 heavy (non-hydrogen) atoms. The third kappa shape index (κ3) is 17.4. The predicted molar refractivity (Wildman–Crippen MR) is 303 cm³/mol. The highest BCUT2D eigenvalue weighted by Gasteiger charge is 2.33. The van der Waals surface area contributed by atoms with Crippen LogP contribution in [0.4, 0.5) is 0 Å². The van der Waals surface area contributed by atoms with E-state index >= 15 is 0 Å². The second-order valence-corrected chi connectivity index (χ2v) is 38.0. The maximum absolute atomic E-state index is 14.2. The molecule has 8 nitrogen and oxygen atoms in total. The van der Waals surface area contributed by atoms with Gasteiger partial charge >= 0.3 is 0 Å². The Morgan fingerprint density at radius 1 is 0.563 bits per heavy atom. The number of sulfone groups is 3. The van der Waals surface area contributed by atoms with Crippen molar-refractivity contribution in [3.63, 3.8) is 0 Å². The van der Waals surface area contributed by atoms with Crippen LogP contribution in [0.25, 0.3) is 0 Å². The minimum atomic E-state index is -3.86. The molecule has 0 saturated carbocycles. The van der Waals surface area contributed by atoms with Gasteiger partial charge in [-0.15, -0.1) is 0 Å². The van der Waals surface area contributed by atoms with Crippen LogP contribution in [-0.4, -0.2) is 63.9 Å². The van der Waals surface area contributed by atoms with Gasteiger partial charge in [0, 0.05) is 0 Å². The lowest BCUT2D eigenvalue weighted by molar-refractivity contribution is 0.387. The number of allylic oxidation sites excluding steroid dienone is 14. The number of benzene rings is 2. The standard InChI is InChI=1S/C58H82O8S3Si2/c1-43(27-29-53-47(5)55(65-70(11,12)13)31-35-57(53,7)8)39-51(68(61,62)49-23-19-17-20-24-49)41-45(3)33-37-67(59,60)38-34-46(4)42-52(69(63,64)50-25-21-18-22-26-50)40-44(2)28-30-54-48(6)56(66-71(14,15)16)32-36-58(54,9)10/h17-34,39-40,51-52H,35-38,41-42H2,1-16H3/b29-27+,30-28+,43-39+,44-40+,45-33+,46-34+. The van der Waals surface area contributed by atoms with Crippen molar-refractivity contribution < 1.29 is 34.1 Å². The van der Waals surface area contributed by atoms with Crippen molar-refractivity contribution in [2.75, 3.05) is 11.5 Å². The third-order valence-corrected chi connectivity index (χ3v) is 19.8. The van der Waals surface area contributed by atoms with Gasteiger partial charge in [-0.05, 0) is 176 Å². The Morgan fingerprint density at radius 3 is 1.20 bits per heavy atom. The van der Waals surface area contributed by atoms with Gasteiger partial charge in [-0.25, -0.2) is 25.3 Å². The maximum Gasteiger partial charge on any atom is 0.242 e. The van der Waals surface area contributed by atoms with E-state index in [1.807, 2.05) is 26.0 Å². The van der Waals surface area contributed by atoms with Gasteiger partial charge in [0.15, 0.2) is 29.5 Å². The van der Waals surface area contributed by atoms with E-state index in [4.69, 9.17) is 8.85 Å². The summed E-state index contributed by atoms with van der Waals surface area (Å²) in [5.41, 5.74) is 6.90. The van der Waals surface area contributed by atoms with Crippen LogP contribution in [0.15, 0.2) is 187 Å². The second-order valence-electron chi connectivity index (χ2n) is 22.7. The van der Waals surface area contributed by atoms with Gasteiger partial charge in [-0.2, -0.15) is 0 Å². The first-order valence-electron chi connectivity index (χ1n) is 24.7. The molecule has 13 heteroatoms. The van der Waals surface area contributed by atoms with E-state index in [9.17, 15) is 25.3 Å². The van der Waals surface area contributed by atoms with Crippen molar-refractivity contribution in [2.24, 2.45) is 10.8 Å². The molecule has 0 radical (unpaired) electrons. The van der Waals surface area contributed by atoms with Crippen LogP contribution in [0, 0.1) is 10.8 Å². The van der Waals surface area contributed by atoms with Crippen LogP contribution >= 0.6 is 0 Å². The van der Waals surface area contributed by atoms with E-state index in [-0.39, 0.29) is 45.0 Å². The fourth-order valence-corrected chi connectivity index (χ4v) is 15.3. The Balaban J connectivity index is 1.59. The van der Waals surface area contributed by atoms with E-state index in [0.29, 0.717) is 11.1 Å². The van der Waals surface area contributed by atoms with Crippen molar-refractivity contribution in [3.8, 4) is 0 Å². The molecule has 2 atom stereocenters. The molecule has 0 N–H and O–H groups in total. The summed E-state index contributed by atoms with van der Waals surface area (Å²) in [4.78, 5) is 0.384. The summed E-state index contributed by atoms with van der Waals surface area (Å²) in [6.07, 6.45) is 20.9. The van der Waals surface area contributed by atoms with Gasteiger partial charge in [0.2, 0.25) is 16.6 Å². The molecule has 2 aromatic rings. The fourth-order valence-electron chi connectivity index (χ4n) is 8.72. The molecule has 2 aliphatic carbocycles. The zero-order valence-corrected chi connectivity index (χ0v) is 49.9. The van der Waals surface area contributed by atoms with Gasteiger partial charge in [0.1, 0.15) is 11.5 Å². The molecule has 0 bridgehead atoms. The Bertz CT molecular complexity index is 2720. The average molecular weight is 1060 g/mol. The van der Waals surface area contributed by atoms with Crippen LogP contribution < -0.4 is 0 Å². The molecule has 2 unspecified atom stereocenters. The highest BCUT2D eigenvalue weighted by molar-refractivity contribution is 7.92. The molecular weight excluding hydrogens is 977 g/mol. The Morgan fingerprint density at radius 2 is 0.887 bits per heavy atom. The van der Waals surface area contributed by atoms with Crippen LogP contribution in [0.1, 0.15) is 94.9 Å². The lowest BCUT2D eigenvalue weighted by Crippen LogP contribution is -2.28. The van der Waals surface area contributed by atoms with Crippen LogP contribution in [0.2, 0.25) is 39.3 Å². The summed E-state index contributed by atoms with van der Waals surface area (Å²) < 4.78 is 97.0. The molecule has 2 aliphatic rings. The minimum absolute atomic E-state index is 0.0918. The van der Waals surface area contributed by atoms with Gasteiger partial charge in [-0.1, -0.05) is 135 Å². The average Bonchev–Trinajstić information content (AvgIpc) is 3.26. The summed E-state index contributed by atoms with van der Waals surface area (Å²) in [6.45, 7) is 33.2. The maximum atomic E-state index is 14.2. The monoisotopic (exact) mass is 1060 g/mol. The molecule has 2 aromatic carbocycles. The second kappa shape index (κ2) is 23.7. The molecule has 0 heterocycles. The highest BCUT2D eigenvalue weighted by atomic mass is 32.2. The molecule has 0 fully saturated rings. The van der Waals surface area contributed by atoms with Gasteiger partial charge < -0.3 is 8.85 Å². The zero-order valence-electron chi connectivity index (χ0n) is 45.4. The van der Waals surface area contributed by atoms with Gasteiger partial charge in [-0.3, -0.25) is 0 Å². The first kappa shape index (κ1) is 59.3. The van der Waals surface area contributed by atoms with Crippen molar-refractivity contribution in [1.82, 2.24) is 0 Å². The van der Waals surface area contributed by atoms with E-state index in [0.717, 1.165) is 57.8 Å². The molecule has 0 aliphatic heterocycles. The quantitative estimate of drug-likeness (QED) is 0.0649. The number of hydrogen-bond acceptors (Lipinski definition) is 8. The lowest BCUT2D eigenvalue weighted by atomic mass is 9.75. The molecular formula is C58H82O8S3Si2. The van der Waals surface area contributed by atoms with Crippen LogP contribution in [0.3, 0.4) is 0 Å². The van der Waals surface area contributed by atoms with E-state index < -0.39 is 56.6 Å². The molecule has 0 spiro atoms. The zero-order chi connectivity index (χ0) is 53.4. The van der Waals surface area contributed by atoms with Crippen molar-refractivity contribution in [2.45, 2.75) is 154 Å². The highest BCUT2D eigenvalue weighted by Crippen LogP contribution is 2.43. The van der Waals surface area contributed by atoms with Crippen LogP contribution in [0.5, 0.6) is 0 Å². The van der Waals surface area contributed by atoms with E-state index in [2.05, 4.69) is 105 Å². The third-order valence-electron chi connectivity index (χ3n) is 12.7. The largest absolute Gasteiger partial charge is 0.544 e. The smallest absolute Gasteiger partial charge is 0.242 e. The summed E-state index contributed by atoms with van der Waals surface area (Å²) >= 11 is 0. The topological polar surface area (TPSA) is 121 Å². The van der Waals surface area contributed by atoms with Crippen molar-refractivity contribution in [1.29, 1.82) is 0 Å². The number of hydrogen-bond donors (Lipinski definition) is 0. The molecule has 0 aromatic heterocycles. The molecule has 388 valence electrons. The van der Waals surface area contributed by atoms with Crippen molar-refractivity contribution in [3.05, 3.63) is 178 Å². The number of rotatable bonds is 22.